The number of aromatic nitrogens is 5. The zero-order valence-corrected chi connectivity index (χ0v) is 29.4. The summed E-state index contributed by atoms with van der Waals surface area (Å²) in [5.74, 6) is -0.927. The van der Waals surface area contributed by atoms with Crippen LogP contribution in [0.2, 0.25) is 25.7 Å². The topological polar surface area (TPSA) is 125 Å². The van der Waals surface area contributed by atoms with E-state index in [4.69, 9.17) is 9.47 Å². The fourth-order valence-electron chi connectivity index (χ4n) is 5.93. The molecule has 1 atom stereocenters. The normalized spacial score (nSPS) is 17.6. The molecule has 0 aliphatic heterocycles. The van der Waals surface area contributed by atoms with Crippen LogP contribution in [0.15, 0.2) is 24.4 Å². The zero-order valence-electron chi connectivity index (χ0n) is 28.4. The average molecular weight is 656 g/mol. The number of nitrogens with zero attached hydrogens (tertiary/aromatic N) is 5. The first-order valence-electron chi connectivity index (χ1n) is 16.3. The van der Waals surface area contributed by atoms with Crippen LogP contribution in [0, 0.1) is 31.6 Å². The SMILES string of the molecule is COCCCn1nccc1C(=O)N[C@H](C(=O)Nc1ccc(-c2c(C)nn(COCC[Si](C)(C)C)c2C)c(F)n1)[C@H]1CC[C@H](C)CC1. The van der Waals surface area contributed by atoms with E-state index in [9.17, 15) is 9.59 Å². The highest BCUT2D eigenvalue weighted by atomic mass is 28.3. The molecule has 3 aromatic rings. The van der Waals surface area contributed by atoms with Crippen LogP contribution >= 0.6 is 0 Å². The van der Waals surface area contributed by atoms with Gasteiger partial charge in [-0.15, -0.1) is 0 Å². The van der Waals surface area contributed by atoms with Gasteiger partial charge in [-0.25, -0.2) is 9.67 Å². The molecule has 0 unspecified atom stereocenters. The lowest BCUT2D eigenvalue weighted by Gasteiger charge is -2.32. The summed E-state index contributed by atoms with van der Waals surface area (Å²) in [6, 6.07) is 5.08. The molecule has 1 saturated carbocycles. The van der Waals surface area contributed by atoms with Crippen molar-refractivity contribution in [2.24, 2.45) is 11.8 Å². The molecule has 2 N–H and O–H groups in total. The van der Waals surface area contributed by atoms with Crippen molar-refractivity contribution in [1.29, 1.82) is 0 Å². The summed E-state index contributed by atoms with van der Waals surface area (Å²) < 4.78 is 29.9. The predicted molar refractivity (Wildman–Crippen MR) is 179 cm³/mol. The largest absolute Gasteiger partial charge is 0.385 e. The summed E-state index contributed by atoms with van der Waals surface area (Å²) in [7, 11) is 0.415. The Bertz CT molecular complexity index is 1480. The standard InChI is InChI=1S/C33H50FN7O4Si/c1-22-9-11-25(12-10-22)30(38-32(42)27-15-16-35-40(27)17-8-18-44-4)33(43)37-28-14-13-26(31(34)36-28)29-23(2)39-41(24(29)3)21-45-19-20-46(5,6)7/h13-16,22,25,30H,8-12,17-21H2,1-7H3,(H,38,42)(H,36,37,43)/t22-,25-,30-/m0/s1. The van der Waals surface area contributed by atoms with Crippen molar-refractivity contribution in [3.8, 4) is 11.1 Å². The Morgan fingerprint density at radius 2 is 1.83 bits per heavy atom. The van der Waals surface area contributed by atoms with E-state index in [0.717, 1.165) is 37.4 Å². The Morgan fingerprint density at radius 3 is 2.50 bits per heavy atom. The van der Waals surface area contributed by atoms with E-state index in [1.54, 1.807) is 40.9 Å². The number of halogens is 1. The maximum Gasteiger partial charge on any atom is 0.270 e. The highest BCUT2D eigenvalue weighted by Gasteiger charge is 2.34. The Balaban J connectivity index is 1.48. The van der Waals surface area contributed by atoms with E-state index in [0.29, 0.717) is 61.3 Å². The van der Waals surface area contributed by atoms with Crippen molar-refractivity contribution in [3.63, 3.8) is 0 Å². The fourth-order valence-corrected chi connectivity index (χ4v) is 6.69. The first-order chi connectivity index (χ1) is 21.9. The number of aryl methyl sites for hydroxylation is 2. The Hall–Kier alpha value is -3.42. The highest BCUT2D eigenvalue weighted by Crippen LogP contribution is 2.32. The number of hydrogen-bond donors (Lipinski definition) is 2. The van der Waals surface area contributed by atoms with Crippen LogP contribution in [0.4, 0.5) is 10.2 Å². The molecule has 0 saturated heterocycles. The van der Waals surface area contributed by atoms with Crippen LogP contribution < -0.4 is 10.6 Å². The van der Waals surface area contributed by atoms with E-state index < -0.39 is 26.0 Å². The van der Waals surface area contributed by atoms with Crippen molar-refractivity contribution >= 4 is 25.7 Å². The second-order valence-corrected chi connectivity index (χ2v) is 19.3. The van der Waals surface area contributed by atoms with Gasteiger partial charge in [0.2, 0.25) is 11.9 Å². The van der Waals surface area contributed by atoms with Gasteiger partial charge in [0.1, 0.15) is 24.3 Å². The number of ether oxygens (including phenoxy) is 2. The maximum atomic E-state index is 15.5. The van der Waals surface area contributed by atoms with E-state index in [1.165, 1.54) is 0 Å². The van der Waals surface area contributed by atoms with Crippen LogP contribution in [-0.4, -0.2) is 70.8 Å². The number of nitrogens with one attached hydrogen (secondary N) is 2. The van der Waals surface area contributed by atoms with E-state index in [1.807, 2.05) is 13.8 Å². The van der Waals surface area contributed by atoms with Crippen LogP contribution in [0.1, 0.15) is 60.9 Å². The summed E-state index contributed by atoms with van der Waals surface area (Å²) in [4.78, 5) is 31.2. The van der Waals surface area contributed by atoms with Crippen LogP contribution in [0.5, 0.6) is 0 Å². The van der Waals surface area contributed by atoms with Gasteiger partial charge in [-0.2, -0.15) is 14.6 Å². The van der Waals surface area contributed by atoms with Gasteiger partial charge in [0.15, 0.2) is 0 Å². The van der Waals surface area contributed by atoms with Crippen molar-refractivity contribution in [2.75, 3.05) is 25.6 Å². The molecule has 3 aromatic heterocycles. The summed E-state index contributed by atoms with van der Waals surface area (Å²) in [6.45, 7) is 14.8. The molecule has 3 heterocycles. The molecule has 2 amide bonds. The Kier molecular flexibility index (Phi) is 12.3. The summed E-state index contributed by atoms with van der Waals surface area (Å²) in [6.07, 6.45) is 5.81. The lowest BCUT2D eigenvalue weighted by Crippen LogP contribution is -2.49. The quantitative estimate of drug-likeness (QED) is 0.120. The number of carbonyl (C=O) groups is 2. The van der Waals surface area contributed by atoms with Crippen molar-refractivity contribution < 1.29 is 23.5 Å². The molecule has 13 heteroatoms. The summed E-state index contributed by atoms with van der Waals surface area (Å²) in [5, 5.41) is 14.6. The van der Waals surface area contributed by atoms with Crippen LogP contribution in [0.25, 0.3) is 11.1 Å². The minimum absolute atomic E-state index is 0.0572. The first kappa shape index (κ1) is 35.4. The smallest absolute Gasteiger partial charge is 0.270 e. The highest BCUT2D eigenvalue weighted by molar-refractivity contribution is 6.76. The monoisotopic (exact) mass is 655 g/mol. The average Bonchev–Trinajstić information content (AvgIpc) is 3.58. The van der Waals surface area contributed by atoms with Crippen molar-refractivity contribution in [3.05, 3.63) is 47.4 Å². The molecule has 46 heavy (non-hydrogen) atoms. The molecule has 0 spiro atoms. The molecule has 1 fully saturated rings. The second-order valence-electron chi connectivity index (χ2n) is 13.7. The third kappa shape index (κ3) is 9.32. The number of methoxy groups -OCH3 is 1. The minimum Gasteiger partial charge on any atom is -0.385 e. The van der Waals surface area contributed by atoms with Gasteiger partial charge < -0.3 is 20.1 Å². The first-order valence-corrected chi connectivity index (χ1v) is 20.0. The zero-order chi connectivity index (χ0) is 33.4. The molecule has 0 aromatic carbocycles. The maximum absolute atomic E-state index is 15.5. The van der Waals surface area contributed by atoms with Gasteiger partial charge in [0.25, 0.3) is 5.91 Å². The second kappa shape index (κ2) is 15.9. The third-order valence-electron chi connectivity index (χ3n) is 8.73. The Labute approximate surface area is 272 Å². The molecule has 4 rings (SSSR count). The number of hydrogen-bond acceptors (Lipinski definition) is 7. The fraction of sp³-hybridized carbons (Fsp3) is 0.606. The van der Waals surface area contributed by atoms with Gasteiger partial charge >= 0.3 is 0 Å². The summed E-state index contributed by atoms with van der Waals surface area (Å²) >= 11 is 0. The lowest BCUT2D eigenvalue weighted by atomic mass is 9.79. The molecule has 0 bridgehead atoms. The molecule has 1 aliphatic rings. The summed E-state index contributed by atoms with van der Waals surface area (Å²) in [5.41, 5.74) is 2.77. The molecule has 252 valence electrons. The predicted octanol–water partition coefficient (Wildman–Crippen LogP) is 5.81. The molecular formula is C33H50FN7O4Si. The van der Waals surface area contributed by atoms with Crippen molar-refractivity contribution in [1.82, 2.24) is 29.9 Å². The van der Waals surface area contributed by atoms with Crippen LogP contribution in [-0.2, 0) is 27.5 Å². The van der Waals surface area contributed by atoms with Gasteiger partial charge in [0, 0.05) is 58.0 Å². The molecular weight excluding hydrogens is 605 g/mol. The van der Waals surface area contributed by atoms with Gasteiger partial charge in [0.05, 0.1) is 5.69 Å². The van der Waals surface area contributed by atoms with E-state index >= 15 is 4.39 Å². The van der Waals surface area contributed by atoms with Gasteiger partial charge in [-0.1, -0.05) is 39.4 Å². The van der Waals surface area contributed by atoms with Gasteiger partial charge in [-0.3, -0.25) is 14.3 Å². The lowest BCUT2D eigenvalue weighted by molar-refractivity contribution is -0.119. The number of pyridine rings is 1. The van der Waals surface area contributed by atoms with Crippen LogP contribution in [0.3, 0.4) is 0 Å². The third-order valence-corrected chi connectivity index (χ3v) is 10.4. The Morgan fingerprint density at radius 1 is 1.09 bits per heavy atom. The number of rotatable bonds is 15. The minimum atomic E-state index is -1.21. The number of anilines is 1. The molecule has 1 aliphatic carbocycles. The number of amides is 2. The molecule has 0 radical (unpaired) electrons. The van der Waals surface area contributed by atoms with E-state index in [-0.39, 0.29) is 17.6 Å². The van der Waals surface area contributed by atoms with Crippen molar-refractivity contribution in [2.45, 2.75) is 97.9 Å². The van der Waals surface area contributed by atoms with E-state index in [2.05, 4.69) is 52.4 Å². The number of carbonyl (C=O) groups excluding carboxylic acids is 2. The molecule has 11 nitrogen and oxygen atoms in total. The van der Waals surface area contributed by atoms with Gasteiger partial charge in [-0.05, 0) is 69.2 Å².